The smallest absolute Gasteiger partial charge is 0.124 e. The molecule has 0 aliphatic heterocycles. The molecule has 0 unspecified atom stereocenters. The minimum absolute atomic E-state index is 0. The largest absolute Gasteiger partial charge is 0.361 e. The molecule has 22 heavy (non-hydrogen) atoms. The van der Waals surface area contributed by atoms with Crippen molar-refractivity contribution < 1.29 is 4.74 Å². The molecular formula is C18H29ClN2O. The summed E-state index contributed by atoms with van der Waals surface area (Å²) in [6, 6.07) is 8.17. The molecule has 3 nitrogen and oxygen atoms in total. The number of nitrogens with zero attached hydrogens (tertiary/aromatic N) is 2. The number of halogens is 1. The van der Waals surface area contributed by atoms with Gasteiger partial charge in [0, 0.05) is 6.61 Å². The molecule has 1 heterocycles. The number of unbranched alkanes of at least 4 members (excludes halogenated alkanes) is 7. The fraction of sp³-hybridized carbons (Fsp3) is 0.611. The lowest BCUT2D eigenvalue weighted by molar-refractivity contribution is 0.0763. The van der Waals surface area contributed by atoms with Gasteiger partial charge >= 0.3 is 0 Å². The Morgan fingerprint density at radius 2 is 1.64 bits per heavy atom. The van der Waals surface area contributed by atoms with Crippen molar-refractivity contribution in [2.45, 2.75) is 65.0 Å². The van der Waals surface area contributed by atoms with E-state index in [1.807, 2.05) is 24.5 Å². The zero-order valence-corrected chi connectivity index (χ0v) is 14.5. The monoisotopic (exact) mass is 324 g/mol. The summed E-state index contributed by atoms with van der Waals surface area (Å²) in [5.41, 5.74) is 2.18. The lowest BCUT2D eigenvalue weighted by Gasteiger charge is -2.06. The zero-order chi connectivity index (χ0) is 14.8. The number of fused-ring (bicyclic) bond motifs is 1. The Morgan fingerprint density at radius 1 is 0.955 bits per heavy atom. The predicted molar refractivity (Wildman–Crippen MR) is 95.5 cm³/mol. The molecule has 0 fully saturated rings. The minimum Gasteiger partial charge on any atom is -0.361 e. The van der Waals surface area contributed by atoms with E-state index in [1.165, 1.54) is 51.4 Å². The second-order valence-corrected chi connectivity index (χ2v) is 5.72. The third-order valence-electron chi connectivity index (χ3n) is 3.90. The molecule has 0 aliphatic rings. The van der Waals surface area contributed by atoms with Crippen LogP contribution in [0.5, 0.6) is 0 Å². The van der Waals surface area contributed by atoms with E-state index < -0.39 is 0 Å². The van der Waals surface area contributed by atoms with Crippen LogP contribution in [0.1, 0.15) is 58.3 Å². The number of aromatic nitrogens is 2. The summed E-state index contributed by atoms with van der Waals surface area (Å²) in [4.78, 5) is 4.37. The van der Waals surface area contributed by atoms with Crippen molar-refractivity contribution >= 4 is 23.4 Å². The maximum absolute atomic E-state index is 5.75. The molecule has 124 valence electrons. The standard InChI is InChI=1S/C18H28N2O.ClH/c1-2-3-4-5-6-7-8-11-14-21-16-20-15-19-17-12-9-10-13-18(17)20;/h9-10,12-13,15H,2-8,11,14,16H2,1H3;1H. The molecule has 0 aliphatic carbocycles. The number of imidazole rings is 1. The topological polar surface area (TPSA) is 27.1 Å². The van der Waals surface area contributed by atoms with E-state index in [0.29, 0.717) is 6.73 Å². The maximum atomic E-state index is 5.75. The molecule has 2 rings (SSSR count). The lowest BCUT2D eigenvalue weighted by atomic mass is 10.1. The summed E-state index contributed by atoms with van der Waals surface area (Å²) in [5, 5.41) is 0. The average molecular weight is 325 g/mol. The van der Waals surface area contributed by atoms with Gasteiger partial charge in [0.2, 0.25) is 0 Å². The maximum Gasteiger partial charge on any atom is 0.124 e. The van der Waals surface area contributed by atoms with Crippen molar-refractivity contribution in [1.29, 1.82) is 0 Å². The molecular weight excluding hydrogens is 296 g/mol. The van der Waals surface area contributed by atoms with Gasteiger partial charge in [-0.25, -0.2) is 4.98 Å². The second-order valence-electron chi connectivity index (χ2n) is 5.72. The SMILES string of the molecule is CCCCCCCCCCOCn1cnc2ccccc21.Cl. The Morgan fingerprint density at radius 3 is 2.41 bits per heavy atom. The predicted octanol–water partition coefficient (Wildman–Crippen LogP) is 5.57. The summed E-state index contributed by atoms with van der Waals surface area (Å²) in [6.07, 6.45) is 12.6. The van der Waals surface area contributed by atoms with Gasteiger partial charge < -0.3 is 9.30 Å². The summed E-state index contributed by atoms with van der Waals surface area (Å²) < 4.78 is 7.82. The van der Waals surface area contributed by atoms with Crippen molar-refractivity contribution in [1.82, 2.24) is 9.55 Å². The number of hydrogen-bond donors (Lipinski definition) is 0. The van der Waals surface area contributed by atoms with Gasteiger partial charge in [-0.3, -0.25) is 0 Å². The summed E-state index contributed by atoms with van der Waals surface area (Å²) in [7, 11) is 0. The van der Waals surface area contributed by atoms with Crippen LogP contribution in [-0.2, 0) is 11.5 Å². The lowest BCUT2D eigenvalue weighted by Crippen LogP contribution is -2.02. The fourth-order valence-corrected chi connectivity index (χ4v) is 2.61. The van der Waals surface area contributed by atoms with Gasteiger partial charge in [0.1, 0.15) is 6.73 Å². The highest BCUT2D eigenvalue weighted by atomic mass is 35.5. The number of benzene rings is 1. The third kappa shape index (κ3) is 6.37. The molecule has 0 bridgehead atoms. The van der Waals surface area contributed by atoms with Crippen LogP contribution in [0.2, 0.25) is 0 Å². The van der Waals surface area contributed by atoms with Crippen LogP contribution in [0.25, 0.3) is 11.0 Å². The molecule has 0 atom stereocenters. The number of rotatable bonds is 11. The minimum atomic E-state index is 0. The summed E-state index contributed by atoms with van der Waals surface area (Å²) in [6.45, 7) is 3.72. The first-order valence-corrected chi connectivity index (χ1v) is 8.39. The molecule has 0 spiro atoms. The molecule has 0 radical (unpaired) electrons. The molecule has 0 saturated heterocycles. The van der Waals surface area contributed by atoms with Crippen LogP contribution in [0.3, 0.4) is 0 Å². The zero-order valence-electron chi connectivity index (χ0n) is 13.7. The van der Waals surface area contributed by atoms with Crippen LogP contribution in [0, 0.1) is 0 Å². The first-order chi connectivity index (χ1) is 10.4. The number of para-hydroxylation sites is 2. The summed E-state index contributed by atoms with van der Waals surface area (Å²) in [5.74, 6) is 0. The molecule has 0 amide bonds. The Hall–Kier alpha value is -1.06. The van der Waals surface area contributed by atoms with Crippen molar-refractivity contribution in [2.24, 2.45) is 0 Å². The molecule has 1 aromatic carbocycles. The third-order valence-corrected chi connectivity index (χ3v) is 3.90. The van der Waals surface area contributed by atoms with Crippen LogP contribution < -0.4 is 0 Å². The number of hydrogen-bond acceptors (Lipinski definition) is 2. The molecule has 2 aromatic rings. The van der Waals surface area contributed by atoms with Gasteiger partial charge in [-0.1, -0.05) is 64.0 Å². The van der Waals surface area contributed by atoms with Crippen molar-refractivity contribution in [3.8, 4) is 0 Å². The normalized spacial score (nSPS) is 10.8. The number of ether oxygens (including phenoxy) is 1. The Labute approximate surface area is 140 Å². The van der Waals surface area contributed by atoms with Gasteiger partial charge in [-0.2, -0.15) is 0 Å². The van der Waals surface area contributed by atoms with E-state index in [0.717, 1.165) is 17.6 Å². The van der Waals surface area contributed by atoms with Gasteiger partial charge in [0.15, 0.2) is 0 Å². The van der Waals surface area contributed by atoms with Crippen LogP contribution in [0.4, 0.5) is 0 Å². The average Bonchev–Trinajstić information content (AvgIpc) is 2.92. The van der Waals surface area contributed by atoms with Gasteiger partial charge in [-0.05, 0) is 18.6 Å². The van der Waals surface area contributed by atoms with E-state index >= 15 is 0 Å². The van der Waals surface area contributed by atoms with Crippen molar-refractivity contribution in [3.05, 3.63) is 30.6 Å². The summed E-state index contributed by atoms with van der Waals surface area (Å²) >= 11 is 0. The van der Waals surface area contributed by atoms with Crippen LogP contribution in [0.15, 0.2) is 30.6 Å². The van der Waals surface area contributed by atoms with Gasteiger partial charge in [0.25, 0.3) is 0 Å². The molecule has 1 aromatic heterocycles. The Kier molecular flexibility index (Phi) is 9.93. The van der Waals surface area contributed by atoms with E-state index in [9.17, 15) is 0 Å². The Balaban J connectivity index is 0.00000242. The first-order valence-electron chi connectivity index (χ1n) is 8.39. The van der Waals surface area contributed by atoms with Gasteiger partial charge in [0.05, 0.1) is 17.4 Å². The highest BCUT2D eigenvalue weighted by Crippen LogP contribution is 2.12. The van der Waals surface area contributed by atoms with E-state index in [-0.39, 0.29) is 12.4 Å². The van der Waals surface area contributed by atoms with Gasteiger partial charge in [-0.15, -0.1) is 12.4 Å². The molecule has 0 saturated carbocycles. The van der Waals surface area contributed by atoms with Crippen LogP contribution >= 0.6 is 12.4 Å². The first kappa shape index (κ1) is 19.0. The van der Waals surface area contributed by atoms with E-state index in [4.69, 9.17) is 4.74 Å². The highest BCUT2D eigenvalue weighted by molar-refractivity contribution is 5.85. The highest BCUT2D eigenvalue weighted by Gasteiger charge is 2.00. The quantitative estimate of drug-likeness (QED) is 0.505. The fourth-order valence-electron chi connectivity index (χ4n) is 2.61. The second kappa shape index (κ2) is 11.5. The van der Waals surface area contributed by atoms with Crippen molar-refractivity contribution in [3.63, 3.8) is 0 Å². The van der Waals surface area contributed by atoms with Crippen LogP contribution in [-0.4, -0.2) is 16.2 Å². The van der Waals surface area contributed by atoms with Crippen molar-refractivity contribution in [2.75, 3.05) is 6.61 Å². The molecule has 4 heteroatoms. The van der Waals surface area contributed by atoms with E-state index in [2.05, 4.69) is 22.5 Å². The Bertz CT molecular complexity index is 513. The van der Waals surface area contributed by atoms with E-state index in [1.54, 1.807) is 0 Å². The molecule has 0 N–H and O–H groups in total.